The molecule has 0 atom stereocenters. The highest BCUT2D eigenvalue weighted by molar-refractivity contribution is 6.32. The summed E-state index contributed by atoms with van der Waals surface area (Å²) in [5, 5.41) is 2.38. The normalized spacial score (nSPS) is 10.8. The van der Waals surface area contributed by atoms with Gasteiger partial charge < -0.3 is 14.8 Å². The van der Waals surface area contributed by atoms with Crippen LogP contribution in [0, 0.1) is 0 Å². The van der Waals surface area contributed by atoms with E-state index < -0.39 is 19.1 Å². The SMILES string of the molecule is O=C(Nc1ccc(OC(F)F)c(Cl)c1)c1ccc(OC(F)F)cc1. The minimum Gasteiger partial charge on any atom is -0.435 e. The highest BCUT2D eigenvalue weighted by atomic mass is 35.5. The van der Waals surface area contributed by atoms with Gasteiger partial charge in [0.2, 0.25) is 0 Å². The van der Waals surface area contributed by atoms with E-state index in [-0.39, 0.29) is 27.8 Å². The lowest BCUT2D eigenvalue weighted by Gasteiger charge is -2.10. The zero-order chi connectivity index (χ0) is 17.7. The van der Waals surface area contributed by atoms with Gasteiger partial charge in [-0.1, -0.05) is 11.6 Å². The van der Waals surface area contributed by atoms with Crippen molar-refractivity contribution in [3.05, 3.63) is 53.1 Å². The summed E-state index contributed by atoms with van der Waals surface area (Å²) >= 11 is 5.77. The van der Waals surface area contributed by atoms with E-state index in [9.17, 15) is 22.4 Å². The molecule has 0 heterocycles. The Morgan fingerprint density at radius 3 is 2.12 bits per heavy atom. The first kappa shape index (κ1) is 17.9. The molecule has 0 fully saturated rings. The lowest BCUT2D eigenvalue weighted by molar-refractivity contribution is -0.0504. The number of carbonyl (C=O) groups is 1. The molecule has 2 aromatic rings. The van der Waals surface area contributed by atoms with Gasteiger partial charge in [-0.25, -0.2) is 0 Å². The Morgan fingerprint density at radius 2 is 1.58 bits per heavy atom. The number of ether oxygens (including phenoxy) is 2. The fraction of sp³-hybridized carbons (Fsp3) is 0.133. The number of hydrogen-bond acceptors (Lipinski definition) is 3. The van der Waals surface area contributed by atoms with Gasteiger partial charge in [0.1, 0.15) is 11.5 Å². The van der Waals surface area contributed by atoms with Crippen LogP contribution in [0.2, 0.25) is 5.02 Å². The quantitative estimate of drug-likeness (QED) is 0.750. The van der Waals surface area contributed by atoms with Gasteiger partial charge in [-0.15, -0.1) is 0 Å². The van der Waals surface area contributed by atoms with E-state index in [0.29, 0.717) is 0 Å². The highest BCUT2D eigenvalue weighted by Gasteiger charge is 2.12. The van der Waals surface area contributed by atoms with Gasteiger partial charge in [0.25, 0.3) is 5.91 Å². The molecule has 0 aromatic heterocycles. The van der Waals surface area contributed by atoms with E-state index in [2.05, 4.69) is 14.8 Å². The zero-order valence-electron chi connectivity index (χ0n) is 11.8. The molecule has 128 valence electrons. The first-order valence-corrected chi connectivity index (χ1v) is 6.83. The third-order valence-corrected chi connectivity index (χ3v) is 3.04. The van der Waals surface area contributed by atoms with Crippen molar-refractivity contribution < 1.29 is 31.8 Å². The Kier molecular flexibility index (Phi) is 5.86. The van der Waals surface area contributed by atoms with Crippen molar-refractivity contribution in [2.45, 2.75) is 13.2 Å². The van der Waals surface area contributed by atoms with Gasteiger partial charge in [-0.2, -0.15) is 17.6 Å². The van der Waals surface area contributed by atoms with E-state index in [0.717, 1.165) is 0 Å². The van der Waals surface area contributed by atoms with Crippen molar-refractivity contribution in [1.29, 1.82) is 0 Å². The van der Waals surface area contributed by atoms with Gasteiger partial charge in [-0.3, -0.25) is 4.79 Å². The van der Waals surface area contributed by atoms with Gasteiger partial charge in [0, 0.05) is 11.3 Å². The molecule has 0 unspecified atom stereocenters. The number of halogens is 5. The van der Waals surface area contributed by atoms with Crippen LogP contribution in [0.3, 0.4) is 0 Å². The molecule has 0 bridgehead atoms. The molecule has 0 saturated heterocycles. The molecule has 9 heteroatoms. The Balaban J connectivity index is 2.05. The number of anilines is 1. The minimum atomic E-state index is -3.02. The molecule has 0 aliphatic carbocycles. The summed E-state index contributed by atoms with van der Waals surface area (Å²) in [6.45, 7) is -5.97. The molecular weight excluding hydrogens is 354 g/mol. The first-order valence-electron chi connectivity index (χ1n) is 6.46. The number of nitrogens with one attached hydrogen (secondary N) is 1. The van der Waals surface area contributed by atoms with Gasteiger partial charge >= 0.3 is 13.2 Å². The van der Waals surface area contributed by atoms with Crippen LogP contribution in [0.1, 0.15) is 10.4 Å². The maximum absolute atomic E-state index is 12.1. The van der Waals surface area contributed by atoms with Crippen molar-refractivity contribution in [3.63, 3.8) is 0 Å². The second-order valence-electron chi connectivity index (χ2n) is 4.38. The maximum atomic E-state index is 12.1. The second kappa shape index (κ2) is 7.87. The van der Waals surface area contributed by atoms with Crippen molar-refractivity contribution in [2.24, 2.45) is 0 Å². The molecule has 2 rings (SSSR count). The molecule has 2 aromatic carbocycles. The highest BCUT2D eigenvalue weighted by Crippen LogP contribution is 2.29. The smallest absolute Gasteiger partial charge is 0.387 e. The molecule has 0 spiro atoms. The molecule has 1 N–H and O–H groups in total. The molecule has 0 radical (unpaired) electrons. The average Bonchev–Trinajstić information content (AvgIpc) is 2.49. The third-order valence-electron chi connectivity index (χ3n) is 2.75. The summed E-state index contributed by atoms with van der Waals surface area (Å²) in [6, 6.07) is 8.78. The number of amides is 1. The summed E-state index contributed by atoms with van der Waals surface area (Å²) < 4.78 is 56.7. The summed E-state index contributed by atoms with van der Waals surface area (Å²) in [6.07, 6.45) is 0. The summed E-state index contributed by atoms with van der Waals surface area (Å²) in [4.78, 5) is 12.0. The van der Waals surface area contributed by atoms with Gasteiger partial charge in [-0.05, 0) is 42.5 Å². The van der Waals surface area contributed by atoms with Gasteiger partial charge in [0.15, 0.2) is 0 Å². The van der Waals surface area contributed by atoms with Crippen LogP contribution in [-0.2, 0) is 0 Å². The van der Waals surface area contributed by atoms with Crippen molar-refractivity contribution in [2.75, 3.05) is 5.32 Å². The van der Waals surface area contributed by atoms with E-state index in [1.807, 2.05) is 0 Å². The number of benzene rings is 2. The van der Waals surface area contributed by atoms with E-state index >= 15 is 0 Å². The van der Waals surface area contributed by atoms with Crippen LogP contribution in [-0.4, -0.2) is 19.1 Å². The Bertz CT molecular complexity index is 710. The molecule has 0 aliphatic rings. The second-order valence-corrected chi connectivity index (χ2v) is 4.79. The Hall–Kier alpha value is -2.48. The largest absolute Gasteiger partial charge is 0.435 e. The monoisotopic (exact) mass is 363 g/mol. The predicted molar refractivity (Wildman–Crippen MR) is 79.1 cm³/mol. The molecule has 4 nitrogen and oxygen atoms in total. The van der Waals surface area contributed by atoms with Crippen LogP contribution < -0.4 is 14.8 Å². The third kappa shape index (κ3) is 5.02. The van der Waals surface area contributed by atoms with E-state index in [1.54, 1.807) is 0 Å². The fourth-order valence-corrected chi connectivity index (χ4v) is 1.99. The predicted octanol–water partition coefficient (Wildman–Crippen LogP) is 4.80. The lowest BCUT2D eigenvalue weighted by atomic mass is 10.2. The van der Waals surface area contributed by atoms with Crippen LogP contribution in [0.4, 0.5) is 23.2 Å². The molecule has 1 amide bonds. The van der Waals surface area contributed by atoms with Crippen molar-refractivity contribution >= 4 is 23.2 Å². The summed E-state index contributed by atoms with van der Waals surface area (Å²) in [7, 11) is 0. The molecule has 24 heavy (non-hydrogen) atoms. The fourth-order valence-electron chi connectivity index (χ4n) is 1.76. The van der Waals surface area contributed by atoms with Crippen LogP contribution in [0.25, 0.3) is 0 Å². The van der Waals surface area contributed by atoms with Gasteiger partial charge in [0.05, 0.1) is 5.02 Å². The van der Waals surface area contributed by atoms with Crippen LogP contribution in [0.5, 0.6) is 11.5 Å². The Morgan fingerprint density at radius 1 is 0.958 bits per heavy atom. The van der Waals surface area contributed by atoms with Crippen LogP contribution >= 0.6 is 11.6 Å². The number of carbonyl (C=O) groups excluding carboxylic acids is 1. The van der Waals surface area contributed by atoms with Crippen molar-refractivity contribution in [1.82, 2.24) is 0 Å². The lowest BCUT2D eigenvalue weighted by Crippen LogP contribution is -2.12. The van der Waals surface area contributed by atoms with Crippen LogP contribution in [0.15, 0.2) is 42.5 Å². The topological polar surface area (TPSA) is 47.6 Å². The summed E-state index contributed by atoms with van der Waals surface area (Å²) in [5.74, 6) is -0.853. The standard InChI is InChI=1S/C15H10ClF4NO3/c16-11-7-9(3-6-12(11)24-15(19)20)21-13(22)8-1-4-10(5-2-8)23-14(17)18/h1-7,14-15H,(H,21,22). The molecular formula is C15H10ClF4NO3. The Labute approximate surface area is 138 Å². The first-order chi connectivity index (χ1) is 11.3. The zero-order valence-corrected chi connectivity index (χ0v) is 12.6. The van der Waals surface area contributed by atoms with E-state index in [1.165, 1.54) is 42.5 Å². The number of hydrogen-bond donors (Lipinski definition) is 1. The summed E-state index contributed by atoms with van der Waals surface area (Å²) in [5.41, 5.74) is 0.431. The molecule has 0 aliphatic heterocycles. The van der Waals surface area contributed by atoms with E-state index in [4.69, 9.17) is 11.6 Å². The van der Waals surface area contributed by atoms with Crippen molar-refractivity contribution in [3.8, 4) is 11.5 Å². The molecule has 0 saturated carbocycles. The number of alkyl halides is 4. The number of rotatable bonds is 6. The minimum absolute atomic E-state index is 0.0851. The maximum Gasteiger partial charge on any atom is 0.387 e. The average molecular weight is 364 g/mol.